The van der Waals surface area contributed by atoms with Gasteiger partial charge in [0.15, 0.2) is 0 Å². The Hall–Kier alpha value is -1.76. The molecule has 0 radical (unpaired) electrons. The summed E-state index contributed by atoms with van der Waals surface area (Å²) in [6.07, 6.45) is 5.05. The van der Waals surface area contributed by atoms with Crippen LogP contribution in [0.3, 0.4) is 0 Å². The topological polar surface area (TPSA) is 98.3 Å². The minimum absolute atomic E-state index is 0.00243. The van der Waals surface area contributed by atoms with Crippen molar-refractivity contribution < 1.29 is 9.72 Å². The van der Waals surface area contributed by atoms with Crippen molar-refractivity contribution in [2.75, 3.05) is 24.3 Å². The van der Waals surface area contributed by atoms with Crippen molar-refractivity contribution in [3.63, 3.8) is 0 Å². The summed E-state index contributed by atoms with van der Waals surface area (Å²) in [7, 11) is 0. The second kappa shape index (κ2) is 8.42. The molecule has 0 atom stereocenters. The Labute approximate surface area is 122 Å². The Balaban J connectivity index is 2.56. The number of hydrogen-bond donors (Lipinski definition) is 2. The van der Waals surface area contributed by atoms with Crippen LogP contribution in [0, 0.1) is 10.1 Å². The number of nitro benzene ring substituents is 1. The molecule has 0 saturated heterocycles. The summed E-state index contributed by atoms with van der Waals surface area (Å²) in [6, 6.07) is 4.37. The van der Waals surface area contributed by atoms with Crippen molar-refractivity contribution in [2.45, 2.75) is 19.3 Å². The molecule has 7 heteroatoms. The summed E-state index contributed by atoms with van der Waals surface area (Å²) < 4.78 is 0. The van der Waals surface area contributed by atoms with Gasteiger partial charge < -0.3 is 11.1 Å². The van der Waals surface area contributed by atoms with Crippen LogP contribution in [0.15, 0.2) is 18.2 Å². The molecule has 0 unspecified atom stereocenters. The lowest BCUT2D eigenvalue weighted by Crippen LogP contribution is -2.25. The van der Waals surface area contributed by atoms with Gasteiger partial charge in [-0.25, -0.2) is 0 Å². The number of nitrogen functional groups attached to an aromatic ring is 1. The molecule has 3 N–H and O–H groups in total. The third kappa shape index (κ3) is 4.73. The first kappa shape index (κ1) is 16.3. The molecule has 20 heavy (non-hydrogen) atoms. The molecule has 1 aromatic carbocycles. The summed E-state index contributed by atoms with van der Waals surface area (Å²) in [5, 5.41) is 13.6. The van der Waals surface area contributed by atoms with Gasteiger partial charge in [-0.2, -0.15) is 11.8 Å². The van der Waals surface area contributed by atoms with Gasteiger partial charge in [0.25, 0.3) is 5.91 Å². The zero-order valence-corrected chi connectivity index (χ0v) is 12.2. The highest BCUT2D eigenvalue weighted by atomic mass is 32.2. The maximum atomic E-state index is 11.9. The summed E-state index contributed by atoms with van der Waals surface area (Å²) in [6.45, 7) is 0.513. The standard InChI is InChI=1S/C13H19N3O3S/c1-20-9-4-2-3-8-15-13(17)10-6-5-7-11(14)12(10)16(18)19/h5-7H,2-4,8-9,14H2,1H3,(H,15,17). The number of carbonyl (C=O) groups is 1. The van der Waals surface area contributed by atoms with Crippen LogP contribution in [0.1, 0.15) is 29.6 Å². The number of amides is 1. The van der Waals surface area contributed by atoms with Crippen molar-refractivity contribution in [1.29, 1.82) is 0 Å². The maximum Gasteiger partial charge on any atom is 0.304 e. The third-order valence-electron chi connectivity index (χ3n) is 2.81. The molecule has 6 nitrogen and oxygen atoms in total. The van der Waals surface area contributed by atoms with Crippen LogP contribution in [0.2, 0.25) is 0 Å². The molecule has 1 amide bonds. The van der Waals surface area contributed by atoms with Gasteiger partial charge in [0, 0.05) is 6.54 Å². The molecular formula is C13H19N3O3S. The number of rotatable bonds is 8. The van der Waals surface area contributed by atoms with Crippen LogP contribution in [-0.2, 0) is 0 Å². The number of nitro groups is 1. The average molecular weight is 297 g/mol. The van der Waals surface area contributed by atoms with Crippen molar-refractivity contribution in [3.8, 4) is 0 Å². The van der Waals surface area contributed by atoms with Gasteiger partial charge in [-0.15, -0.1) is 0 Å². The fourth-order valence-electron chi connectivity index (χ4n) is 1.79. The van der Waals surface area contributed by atoms with Crippen LogP contribution in [-0.4, -0.2) is 29.4 Å². The number of hydrogen-bond acceptors (Lipinski definition) is 5. The minimum atomic E-state index is -0.622. The normalized spacial score (nSPS) is 10.2. The van der Waals surface area contributed by atoms with E-state index in [9.17, 15) is 14.9 Å². The maximum absolute atomic E-state index is 11.9. The number of benzene rings is 1. The van der Waals surface area contributed by atoms with Gasteiger partial charge in [-0.05, 0) is 37.0 Å². The fraction of sp³-hybridized carbons (Fsp3) is 0.462. The van der Waals surface area contributed by atoms with E-state index in [-0.39, 0.29) is 16.9 Å². The number of para-hydroxylation sites is 1. The van der Waals surface area contributed by atoms with E-state index < -0.39 is 10.8 Å². The Morgan fingerprint density at radius 3 is 2.80 bits per heavy atom. The molecule has 0 aliphatic heterocycles. The number of nitrogens with two attached hydrogens (primary N) is 1. The van der Waals surface area contributed by atoms with E-state index in [4.69, 9.17) is 5.73 Å². The minimum Gasteiger partial charge on any atom is -0.393 e. The third-order valence-corrected chi connectivity index (χ3v) is 3.50. The van der Waals surface area contributed by atoms with Gasteiger partial charge >= 0.3 is 5.69 Å². The number of anilines is 1. The van der Waals surface area contributed by atoms with E-state index in [1.807, 2.05) is 0 Å². The van der Waals surface area contributed by atoms with Gasteiger partial charge in [0.05, 0.1) is 4.92 Å². The van der Waals surface area contributed by atoms with E-state index in [0.29, 0.717) is 6.54 Å². The predicted octanol–water partition coefficient (Wildman–Crippen LogP) is 2.44. The smallest absolute Gasteiger partial charge is 0.304 e. The van der Waals surface area contributed by atoms with Crippen LogP contribution in [0.4, 0.5) is 11.4 Å². The first-order chi connectivity index (χ1) is 9.57. The monoisotopic (exact) mass is 297 g/mol. The lowest BCUT2D eigenvalue weighted by atomic mass is 10.1. The molecule has 0 saturated carbocycles. The van der Waals surface area contributed by atoms with Gasteiger partial charge in [0.1, 0.15) is 11.3 Å². The molecule has 0 spiro atoms. The lowest BCUT2D eigenvalue weighted by Gasteiger charge is -2.07. The van der Waals surface area contributed by atoms with E-state index >= 15 is 0 Å². The number of thioether (sulfide) groups is 1. The quantitative estimate of drug-likeness (QED) is 0.332. The first-order valence-electron chi connectivity index (χ1n) is 6.38. The summed E-state index contributed by atoms with van der Waals surface area (Å²) >= 11 is 1.79. The van der Waals surface area contributed by atoms with Crippen LogP contribution < -0.4 is 11.1 Å². The molecule has 1 aromatic rings. The molecule has 0 fully saturated rings. The fourth-order valence-corrected chi connectivity index (χ4v) is 2.29. The molecule has 0 aliphatic carbocycles. The molecule has 1 rings (SSSR count). The Morgan fingerprint density at radius 2 is 2.15 bits per heavy atom. The van der Waals surface area contributed by atoms with E-state index in [1.165, 1.54) is 18.2 Å². The molecule has 110 valence electrons. The van der Waals surface area contributed by atoms with E-state index in [0.717, 1.165) is 25.0 Å². The first-order valence-corrected chi connectivity index (χ1v) is 7.77. The molecule has 0 heterocycles. The summed E-state index contributed by atoms with van der Waals surface area (Å²) in [4.78, 5) is 22.3. The number of nitrogens with one attached hydrogen (secondary N) is 1. The van der Waals surface area contributed by atoms with Gasteiger partial charge in [-0.3, -0.25) is 14.9 Å². The summed E-state index contributed by atoms with van der Waals surface area (Å²) in [5.74, 6) is 0.656. The molecule has 0 aromatic heterocycles. The van der Waals surface area contributed by atoms with E-state index in [1.54, 1.807) is 11.8 Å². The van der Waals surface area contributed by atoms with E-state index in [2.05, 4.69) is 11.6 Å². The molecule has 0 aliphatic rings. The zero-order valence-electron chi connectivity index (χ0n) is 11.4. The van der Waals surface area contributed by atoms with Gasteiger partial charge in [-0.1, -0.05) is 12.5 Å². The highest BCUT2D eigenvalue weighted by Crippen LogP contribution is 2.25. The number of unbranched alkanes of at least 4 members (excludes halogenated alkanes) is 2. The predicted molar refractivity (Wildman–Crippen MR) is 82.1 cm³/mol. The molecule has 0 bridgehead atoms. The van der Waals surface area contributed by atoms with Crippen LogP contribution in [0.5, 0.6) is 0 Å². The average Bonchev–Trinajstić information content (AvgIpc) is 2.41. The van der Waals surface area contributed by atoms with Crippen molar-refractivity contribution in [1.82, 2.24) is 5.32 Å². The highest BCUT2D eigenvalue weighted by Gasteiger charge is 2.22. The largest absolute Gasteiger partial charge is 0.393 e. The SMILES string of the molecule is CSCCCCCNC(=O)c1cccc(N)c1[N+](=O)[O-]. The Morgan fingerprint density at radius 1 is 1.40 bits per heavy atom. The highest BCUT2D eigenvalue weighted by molar-refractivity contribution is 7.98. The van der Waals surface area contributed by atoms with Gasteiger partial charge in [0.2, 0.25) is 0 Å². The zero-order chi connectivity index (χ0) is 15.0. The van der Waals surface area contributed by atoms with Crippen LogP contribution >= 0.6 is 11.8 Å². The molecular weight excluding hydrogens is 278 g/mol. The summed E-state index contributed by atoms with van der Waals surface area (Å²) in [5.41, 5.74) is 5.23. The second-order valence-electron chi connectivity index (χ2n) is 4.31. The Bertz CT molecular complexity index is 480. The lowest BCUT2D eigenvalue weighted by molar-refractivity contribution is -0.384. The number of carbonyl (C=O) groups excluding carboxylic acids is 1. The van der Waals surface area contributed by atoms with Crippen molar-refractivity contribution >= 4 is 29.0 Å². The second-order valence-corrected chi connectivity index (χ2v) is 5.30. The Kier molecular flexibility index (Phi) is 6.86. The van der Waals surface area contributed by atoms with Crippen LogP contribution in [0.25, 0.3) is 0 Å². The van der Waals surface area contributed by atoms with Crippen molar-refractivity contribution in [2.24, 2.45) is 0 Å². The van der Waals surface area contributed by atoms with Crippen molar-refractivity contribution in [3.05, 3.63) is 33.9 Å². The number of nitrogens with zero attached hydrogens (tertiary/aromatic N) is 1.